The highest BCUT2D eigenvalue weighted by atomic mass is 16.6. The smallest absolute Gasteiger partial charge is 0.410 e. The summed E-state index contributed by atoms with van der Waals surface area (Å²) in [5.74, 6) is -0.732. The summed E-state index contributed by atoms with van der Waals surface area (Å²) in [6, 6.07) is -0.648. The highest BCUT2D eigenvalue weighted by Crippen LogP contribution is 2.31. The monoisotopic (exact) mass is 245 g/mol. The Morgan fingerprint density at radius 1 is 1.41 bits per heavy atom. The Morgan fingerprint density at radius 2 is 1.94 bits per heavy atom. The van der Waals surface area contributed by atoms with Gasteiger partial charge in [-0.1, -0.05) is 0 Å². The van der Waals surface area contributed by atoms with E-state index < -0.39 is 29.3 Å². The third kappa shape index (κ3) is 2.52. The van der Waals surface area contributed by atoms with Crippen molar-refractivity contribution in [1.29, 1.82) is 0 Å². The van der Waals surface area contributed by atoms with Crippen LogP contribution in [0, 0.1) is 0 Å². The van der Waals surface area contributed by atoms with E-state index in [1.807, 2.05) is 0 Å². The molecule has 1 N–H and O–H groups in total. The molecule has 1 fully saturated rings. The van der Waals surface area contributed by atoms with Crippen molar-refractivity contribution in [3.8, 4) is 0 Å². The summed E-state index contributed by atoms with van der Waals surface area (Å²) >= 11 is 0. The van der Waals surface area contributed by atoms with Gasteiger partial charge in [-0.15, -0.1) is 0 Å². The van der Waals surface area contributed by atoms with E-state index in [1.165, 1.54) is 12.0 Å². The van der Waals surface area contributed by atoms with E-state index in [0.29, 0.717) is 0 Å². The fourth-order valence-electron chi connectivity index (χ4n) is 1.63. The van der Waals surface area contributed by atoms with Crippen LogP contribution in [-0.4, -0.2) is 53.0 Å². The lowest BCUT2D eigenvalue weighted by molar-refractivity contribution is -0.192. The summed E-state index contributed by atoms with van der Waals surface area (Å²) in [5.41, 5.74) is -2.22. The Hall–Kier alpha value is -1.30. The average molecular weight is 245 g/mol. The number of carbonyl (C=O) groups is 2. The first-order valence-electron chi connectivity index (χ1n) is 5.42. The third-order valence-corrected chi connectivity index (χ3v) is 2.74. The molecule has 1 saturated heterocycles. The lowest BCUT2D eigenvalue weighted by Crippen LogP contribution is -2.73. The molecule has 0 spiro atoms. The lowest BCUT2D eigenvalue weighted by Gasteiger charge is -2.50. The SMILES string of the molecule is COC(=O)C1(O)CN(C(=O)OC(C)(C)C)C1C. The normalized spacial score (nSPS) is 28.4. The molecular weight excluding hydrogens is 226 g/mol. The summed E-state index contributed by atoms with van der Waals surface area (Å²) in [6.07, 6.45) is -0.543. The Morgan fingerprint density at radius 3 is 2.29 bits per heavy atom. The zero-order valence-electron chi connectivity index (χ0n) is 10.8. The van der Waals surface area contributed by atoms with Crippen molar-refractivity contribution in [3.63, 3.8) is 0 Å². The van der Waals surface area contributed by atoms with Crippen molar-refractivity contribution in [2.24, 2.45) is 0 Å². The molecule has 1 amide bonds. The van der Waals surface area contributed by atoms with E-state index in [9.17, 15) is 14.7 Å². The van der Waals surface area contributed by atoms with Crippen LogP contribution >= 0.6 is 0 Å². The van der Waals surface area contributed by atoms with Crippen molar-refractivity contribution in [2.75, 3.05) is 13.7 Å². The largest absolute Gasteiger partial charge is 0.467 e. The summed E-state index contributed by atoms with van der Waals surface area (Å²) in [5, 5.41) is 9.94. The second-order valence-corrected chi connectivity index (χ2v) is 5.20. The topological polar surface area (TPSA) is 76.1 Å². The molecule has 1 aliphatic heterocycles. The standard InChI is InChI=1S/C11H19NO5/c1-7-11(15,8(13)16-5)6-12(7)9(14)17-10(2,3)4/h7,15H,6H2,1-5H3. The van der Waals surface area contributed by atoms with Crippen LogP contribution in [0.15, 0.2) is 0 Å². The fourth-order valence-corrected chi connectivity index (χ4v) is 1.63. The van der Waals surface area contributed by atoms with E-state index in [2.05, 4.69) is 4.74 Å². The first-order valence-corrected chi connectivity index (χ1v) is 5.42. The first-order chi connectivity index (χ1) is 7.62. The highest BCUT2D eigenvalue weighted by molar-refractivity contribution is 5.85. The van der Waals surface area contributed by atoms with Gasteiger partial charge in [0, 0.05) is 0 Å². The maximum Gasteiger partial charge on any atom is 0.410 e. The number of likely N-dealkylation sites (tertiary alicyclic amines) is 1. The molecule has 0 saturated carbocycles. The predicted molar refractivity (Wildman–Crippen MR) is 59.4 cm³/mol. The van der Waals surface area contributed by atoms with Gasteiger partial charge in [0.2, 0.25) is 0 Å². The van der Waals surface area contributed by atoms with Crippen molar-refractivity contribution < 1.29 is 24.2 Å². The van der Waals surface area contributed by atoms with E-state index >= 15 is 0 Å². The van der Waals surface area contributed by atoms with Gasteiger partial charge in [-0.3, -0.25) is 4.90 Å². The number of hydrogen-bond donors (Lipinski definition) is 1. The molecule has 6 nitrogen and oxygen atoms in total. The van der Waals surface area contributed by atoms with Crippen molar-refractivity contribution in [2.45, 2.75) is 44.9 Å². The van der Waals surface area contributed by atoms with Gasteiger partial charge in [0.15, 0.2) is 5.60 Å². The molecule has 1 aliphatic rings. The molecule has 1 heterocycles. The van der Waals surface area contributed by atoms with Gasteiger partial charge in [0.1, 0.15) is 5.60 Å². The Balaban J connectivity index is 2.64. The number of β-amino-alcohol motifs (C(OH)–C–C–N with tert-alkyl or cyclic N) is 1. The van der Waals surface area contributed by atoms with Crippen LogP contribution < -0.4 is 0 Å². The maximum atomic E-state index is 11.7. The molecule has 0 radical (unpaired) electrons. The molecule has 0 aromatic carbocycles. The zero-order valence-corrected chi connectivity index (χ0v) is 10.8. The number of ether oxygens (including phenoxy) is 2. The molecule has 2 atom stereocenters. The fraction of sp³-hybridized carbons (Fsp3) is 0.818. The van der Waals surface area contributed by atoms with Gasteiger partial charge >= 0.3 is 12.1 Å². The summed E-state index contributed by atoms with van der Waals surface area (Å²) in [6.45, 7) is 6.73. The number of esters is 1. The molecule has 0 aromatic rings. The molecular formula is C11H19NO5. The van der Waals surface area contributed by atoms with Gasteiger partial charge in [-0.25, -0.2) is 9.59 Å². The van der Waals surface area contributed by atoms with Gasteiger partial charge in [0.05, 0.1) is 19.7 Å². The minimum Gasteiger partial charge on any atom is -0.467 e. The van der Waals surface area contributed by atoms with Crippen LogP contribution in [0.5, 0.6) is 0 Å². The zero-order chi connectivity index (χ0) is 13.4. The van der Waals surface area contributed by atoms with Crippen LogP contribution in [0.1, 0.15) is 27.7 Å². The Bertz CT molecular complexity index is 335. The number of hydrogen-bond acceptors (Lipinski definition) is 5. The molecule has 98 valence electrons. The predicted octanol–water partition coefficient (Wildman–Crippen LogP) is 0.530. The Kier molecular flexibility index (Phi) is 3.38. The van der Waals surface area contributed by atoms with Gasteiger partial charge in [0.25, 0.3) is 0 Å². The molecule has 6 heteroatoms. The maximum absolute atomic E-state index is 11.7. The molecule has 17 heavy (non-hydrogen) atoms. The van der Waals surface area contributed by atoms with Crippen LogP contribution in [-0.2, 0) is 14.3 Å². The summed E-state index contributed by atoms with van der Waals surface area (Å²) in [4.78, 5) is 24.3. The van der Waals surface area contributed by atoms with Crippen LogP contribution in [0.3, 0.4) is 0 Å². The van der Waals surface area contributed by atoms with E-state index in [4.69, 9.17) is 4.74 Å². The number of amides is 1. The first kappa shape index (κ1) is 13.8. The number of nitrogens with zero attached hydrogens (tertiary/aromatic N) is 1. The summed E-state index contributed by atoms with van der Waals surface area (Å²) < 4.78 is 9.63. The summed E-state index contributed by atoms with van der Waals surface area (Å²) in [7, 11) is 1.20. The second kappa shape index (κ2) is 4.18. The van der Waals surface area contributed by atoms with Gasteiger partial charge in [-0.05, 0) is 27.7 Å². The quantitative estimate of drug-likeness (QED) is 0.682. The van der Waals surface area contributed by atoms with E-state index in [1.54, 1.807) is 27.7 Å². The lowest BCUT2D eigenvalue weighted by atomic mass is 9.85. The van der Waals surface area contributed by atoms with E-state index in [0.717, 1.165) is 0 Å². The van der Waals surface area contributed by atoms with E-state index in [-0.39, 0.29) is 6.54 Å². The van der Waals surface area contributed by atoms with Gasteiger partial charge in [-0.2, -0.15) is 0 Å². The molecule has 1 rings (SSSR count). The van der Waals surface area contributed by atoms with Crippen LogP contribution in [0.4, 0.5) is 4.79 Å². The highest BCUT2D eigenvalue weighted by Gasteiger charge is 2.58. The van der Waals surface area contributed by atoms with Crippen molar-refractivity contribution in [3.05, 3.63) is 0 Å². The molecule has 2 unspecified atom stereocenters. The van der Waals surface area contributed by atoms with Crippen LogP contribution in [0.2, 0.25) is 0 Å². The molecule has 0 bridgehead atoms. The second-order valence-electron chi connectivity index (χ2n) is 5.20. The number of rotatable bonds is 1. The number of methoxy groups -OCH3 is 1. The number of carbonyl (C=O) groups excluding carboxylic acids is 2. The molecule has 0 aromatic heterocycles. The minimum atomic E-state index is -1.62. The minimum absolute atomic E-state index is 0.101. The van der Waals surface area contributed by atoms with Crippen LogP contribution in [0.25, 0.3) is 0 Å². The third-order valence-electron chi connectivity index (χ3n) is 2.74. The van der Waals surface area contributed by atoms with Crippen molar-refractivity contribution >= 4 is 12.1 Å². The Labute approximate surface area is 100 Å². The van der Waals surface area contributed by atoms with Gasteiger partial charge < -0.3 is 14.6 Å². The number of aliphatic hydroxyl groups is 1. The average Bonchev–Trinajstić information content (AvgIpc) is 2.20. The van der Waals surface area contributed by atoms with Crippen molar-refractivity contribution in [1.82, 2.24) is 4.90 Å². The molecule has 0 aliphatic carbocycles.